The van der Waals surface area contributed by atoms with E-state index in [1.54, 1.807) is 0 Å². The molecule has 0 aromatic heterocycles. The van der Waals surface area contributed by atoms with Crippen LogP contribution >= 0.6 is 0 Å². The molecule has 32 heavy (non-hydrogen) atoms. The fraction of sp³-hybridized carbons (Fsp3) is 0.391. The molecular weight excluding hydrogens is 416 g/mol. The van der Waals surface area contributed by atoms with Gasteiger partial charge < -0.3 is 19.5 Å². The molecule has 1 saturated carbocycles. The highest BCUT2D eigenvalue weighted by atomic mass is 16.6. The summed E-state index contributed by atoms with van der Waals surface area (Å²) < 4.78 is 11.1. The fourth-order valence-electron chi connectivity index (χ4n) is 4.53. The summed E-state index contributed by atoms with van der Waals surface area (Å²) in [5, 5.41) is 21.5. The molecule has 1 amide bonds. The summed E-state index contributed by atoms with van der Waals surface area (Å²) in [6.45, 7) is 2.46. The molecule has 1 heterocycles. The number of nitro benzene ring substituents is 1. The van der Waals surface area contributed by atoms with Crippen molar-refractivity contribution in [3.8, 4) is 11.5 Å². The normalized spacial score (nSPS) is 23.8. The Labute approximate surface area is 184 Å². The molecule has 2 aliphatic rings. The van der Waals surface area contributed by atoms with Crippen LogP contribution in [-0.4, -0.2) is 46.5 Å². The van der Waals surface area contributed by atoms with Crippen LogP contribution in [0, 0.1) is 21.4 Å². The van der Waals surface area contributed by atoms with Crippen molar-refractivity contribution in [3.05, 3.63) is 63.7 Å². The number of benzene rings is 2. The second-order valence-electron chi connectivity index (χ2n) is 8.51. The molecule has 1 aliphatic carbocycles. The minimum atomic E-state index is -1.10. The first-order valence-corrected chi connectivity index (χ1v) is 10.3. The Balaban J connectivity index is 1.66. The molecule has 168 valence electrons. The van der Waals surface area contributed by atoms with Crippen molar-refractivity contribution < 1.29 is 29.1 Å². The molecule has 0 bridgehead atoms. The number of aliphatic carboxylic acids is 1. The summed E-state index contributed by atoms with van der Waals surface area (Å²) in [6, 6.07) is 10.7. The van der Waals surface area contributed by atoms with Crippen LogP contribution in [-0.2, 0) is 11.4 Å². The lowest BCUT2D eigenvalue weighted by molar-refractivity contribution is -0.385. The summed E-state index contributed by atoms with van der Waals surface area (Å²) in [6.07, 6.45) is 1.21. The van der Waals surface area contributed by atoms with Crippen molar-refractivity contribution in [1.29, 1.82) is 0 Å². The van der Waals surface area contributed by atoms with Crippen LogP contribution < -0.4 is 9.47 Å². The highest BCUT2D eigenvalue weighted by Gasteiger charge is 2.60. The molecule has 1 N–H and O–H groups in total. The van der Waals surface area contributed by atoms with Crippen LogP contribution in [0.4, 0.5) is 5.69 Å². The molecular formula is C23H24N2O7. The number of carboxylic acids is 1. The van der Waals surface area contributed by atoms with Crippen LogP contribution in [0.1, 0.15) is 35.7 Å². The van der Waals surface area contributed by atoms with Gasteiger partial charge in [-0.3, -0.25) is 14.9 Å². The van der Waals surface area contributed by atoms with Gasteiger partial charge in [-0.2, -0.15) is 0 Å². The van der Waals surface area contributed by atoms with Gasteiger partial charge in [-0.1, -0.05) is 37.3 Å². The maximum atomic E-state index is 13.3. The standard InChI is InChI=1S/C23H24N2O7/c1-14-10-23(14)11-18(22(27)28)24(13-23)21(26)16-8-19(31-2)20(9-17(16)25(29)30)32-12-15-6-4-3-5-7-15/h3-9,14,18H,10-13H2,1-2H3,(H,27,28)/t14?,18-,23?/m0/s1. The number of nitrogens with zero attached hydrogens (tertiary/aromatic N) is 2. The first-order valence-electron chi connectivity index (χ1n) is 10.3. The maximum absolute atomic E-state index is 13.3. The van der Waals surface area contributed by atoms with Crippen molar-refractivity contribution in [2.24, 2.45) is 11.3 Å². The van der Waals surface area contributed by atoms with Crippen LogP contribution in [0.5, 0.6) is 11.5 Å². The average molecular weight is 440 g/mol. The molecule has 3 atom stereocenters. The van der Waals surface area contributed by atoms with Crippen LogP contribution in [0.25, 0.3) is 0 Å². The predicted octanol–water partition coefficient (Wildman–Crippen LogP) is 3.51. The minimum Gasteiger partial charge on any atom is -0.493 e. The zero-order valence-corrected chi connectivity index (χ0v) is 17.8. The van der Waals surface area contributed by atoms with Crippen molar-refractivity contribution in [1.82, 2.24) is 4.90 Å². The van der Waals surface area contributed by atoms with E-state index in [2.05, 4.69) is 0 Å². The van der Waals surface area contributed by atoms with E-state index in [0.29, 0.717) is 12.3 Å². The summed E-state index contributed by atoms with van der Waals surface area (Å²) in [5.41, 5.74) is -0.0121. The quantitative estimate of drug-likeness (QED) is 0.517. The number of likely N-dealkylation sites (tertiary alicyclic amines) is 1. The van der Waals surface area contributed by atoms with E-state index in [9.17, 15) is 24.8 Å². The molecule has 1 spiro atoms. The number of hydrogen-bond donors (Lipinski definition) is 1. The summed E-state index contributed by atoms with van der Waals surface area (Å²) >= 11 is 0. The first-order chi connectivity index (χ1) is 15.3. The Hall–Kier alpha value is -3.62. The molecule has 2 aromatic rings. The number of hydrogen-bond acceptors (Lipinski definition) is 6. The Morgan fingerprint density at radius 1 is 1.22 bits per heavy atom. The van der Waals surface area contributed by atoms with E-state index in [1.807, 2.05) is 37.3 Å². The number of carboxylic acid groups (broad SMARTS) is 1. The largest absolute Gasteiger partial charge is 0.493 e. The second kappa shape index (κ2) is 8.14. The average Bonchev–Trinajstić information content (AvgIpc) is 3.23. The monoisotopic (exact) mass is 440 g/mol. The molecule has 2 unspecified atom stereocenters. The van der Waals surface area contributed by atoms with Crippen molar-refractivity contribution >= 4 is 17.6 Å². The number of nitro groups is 1. The Morgan fingerprint density at radius 3 is 2.47 bits per heavy atom. The molecule has 1 saturated heterocycles. The third-order valence-corrected chi connectivity index (χ3v) is 6.55. The highest BCUT2D eigenvalue weighted by molar-refractivity contribution is 6.01. The van der Waals surface area contributed by atoms with Crippen molar-refractivity contribution in [2.45, 2.75) is 32.4 Å². The van der Waals surface area contributed by atoms with Gasteiger partial charge in [0.15, 0.2) is 11.5 Å². The zero-order valence-electron chi connectivity index (χ0n) is 17.8. The molecule has 4 rings (SSSR count). The van der Waals surface area contributed by atoms with Gasteiger partial charge in [0.05, 0.1) is 18.1 Å². The Morgan fingerprint density at radius 2 is 1.91 bits per heavy atom. The van der Waals surface area contributed by atoms with Gasteiger partial charge in [0.1, 0.15) is 18.2 Å². The van der Waals surface area contributed by atoms with Gasteiger partial charge >= 0.3 is 5.97 Å². The zero-order chi connectivity index (χ0) is 23.0. The lowest BCUT2D eigenvalue weighted by Crippen LogP contribution is -2.40. The smallest absolute Gasteiger partial charge is 0.326 e. The summed E-state index contributed by atoms with van der Waals surface area (Å²) in [7, 11) is 1.38. The second-order valence-corrected chi connectivity index (χ2v) is 8.51. The van der Waals surface area contributed by atoms with Crippen molar-refractivity contribution in [2.75, 3.05) is 13.7 Å². The summed E-state index contributed by atoms with van der Waals surface area (Å²) in [4.78, 5) is 37.5. The van der Waals surface area contributed by atoms with Gasteiger partial charge in [-0.15, -0.1) is 0 Å². The van der Waals surface area contributed by atoms with E-state index in [0.717, 1.165) is 18.1 Å². The maximum Gasteiger partial charge on any atom is 0.326 e. The van der Waals surface area contributed by atoms with Gasteiger partial charge in [0, 0.05) is 12.6 Å². The minimum absolute atomic E-state index is 0.128. The predicted molar refractivity (Wildman–Crippen MR) is 114 cm³/mol. The Kier molecular flexibility index (Phi) is 5.50. The van der Waals surface area contributed by atoms with Gasteiger partial charge in [-0.25, -0.2) is 4.79 Å². The van der Waals surface area contributed by atoms with E-state index in [4.69, 9.17) is 9.47 Å². The third-order valence-electron chi connectivity index (χ3n) is 6.55. The molecule has 9 heteroatoms. The molecule has 2 fully saturated rings. The lowest BCUT2D eigenvalue weighted by Gasteiger charge is -2.22. The van der Waals surface area contributed by atoms with Gasteiger partial charge in [-0.05, 0) is 29.7 Å². The SMILES string of the molecule is COc1cc(C(=O)N2CC3(CC3C)C[C@H]2C(=O)O)c([N+](=O)[O-])cc1OCc1ccccc1. The van der Waals surface area contributed by atoms with E-state index < -0.39 is 28.5 Å². The summed E-state index contributed by atoms with van der Waals surface area (Å²) in [5.74, 6) is -1.18. The van der Waals surface area contributed by atoms with E-state index in [1.165, 1.54) is 18.1 Å². The van der Waals surface area contributed by atoms with Gasteiger partial charge in [0.25, 0.3) is 11.6 Å². The number of carbonyl (C=O) groups excluding carboxylic acids is 1. The number of rotatable bonds is 7. The van der Waals surface area contributed by atoms with E-state index >= 15 is 0 Å². The molecule has 2 aromatic carbocycles. The third kappa shape index (κ3) is 3.86. The van der Waals surface area contributed by atoms with E-state index in [-0.39, 0.29) is 35.6 Å². The van der Waals surface area contributed by atoms with Crippen LogP contribution in [0.3, 0.4) is 0 Å². The van der Waals surface area contributed by atoms with Crippen LogP contribution in [0.2, 0.25) is 0 Å². The van der Waals surface area contributed by atoms with Crippen molar-refractivity contribution in [3.63, 3.8) is 0 Å². The number of ether oxygens (including phenoxy) is 2. The Bertz CT molecular complexity index is 1070. The number of carbonyl (C=O) groups is 2. The molecule has 0 radical (unpaired) electrons. The highest BCUT2D eigenvalue weighted by Crippen LogP contribution is 2.60. The molecule has 1 aliphatic heterocycles. The number of amides is 1. The van der Waals surface area contributed by atoms with Crippen LogP contribution in [0.15, 0.2) is 42.5 Å². The fourth-order valence-corrected chi connectivity index (χ4v) is 4.53. The topological polar surface area (TPSA) is 119 Å². The van der Waals surface area contributed by atoms with Gasteiger partial charge in [0.2, 0.25) is 0 Å². The first kappa shape index (κ1) is 21.6. The molecule has 9 nitrogen and oxygen atoms in total. The number of methoxy groups -OCH3 is 1. The lowest BCUT2D eigenvalue weighted by atomic mass is 10.0.